The molecule has 0 aliphatic carbocycles. The van der Waals surface area contributed by atoms with E-state index in [1.165, 1.54) is 36.1 Å². The summed E-state index contributed by atoms with van der Waals surface area (Å²) in [5.74, 6) is -13.0. The van der Waals surface area contributed by atoms with Gasteiger partial charge in [-0.2, -0.15) is 5.11 Å². The molecule has 105 heavy (non-hydrogen) atoms. The molecule has 32 nitrogen and oxygen atoms in total. The number of fused-ring (bicyclic) bond motifs is 1. The minimum absolute atomic E-state index is 0.0383. The molecule has 32 heteroatoms. The molecule has 0 bridgehead atoms. The molecule has 4 aromatic carbocycles. The van der Waals surface area contributed by atoms with Crippen LogP contribution in [0.3, 0.4) is 0 Å². The first kappa shape index (κ1) is 80.7. The van der Waals surface area contributed by atoms with Crippen molar-refractivity contribution in [3.63, 3.8) is 0 Å². The first-order chi connectivity index (χ1) is 50.1. The molecule has 4 aliphatic rings. The summed E-state index contributed by atoms with van der Waals surface area (Å²) >= 11 is 0. The molecular weight excluding hydrogens is 1360 g/mol. The van der Waals surface area contributed by atoms with Gasteiger partial charge in [0, 0.05) is 38.6 Å². The van der Waals surface area contributed by atoms with E-state index in [0.717, 1.165) is 5.01 Å². The monoisotopic (exact) mass is 1460 g/mol. The van der Waals surface area contributed by atoms with Gasteiger partial charge in [-0.05, 0) is 84.9 Å². The van der Waals surface area contributed by atoms with E-state index in [1.807, 2.05) is 13.8 Å². The van der Waals surface area contributed by atoms with E-state index in [1.54, 1.807) is 105 Å². The van der Waals surface area contributed by atoms with Crippen LogP contribution in [0.5, 0.6) is 5.75 Å². The van der Waals surface area contributed by atoms with Gasteiger partial charge in [0.25, 0.3) is 0 Å². The molecule has 4 heterocycles. The van der Waals surface area contributed by atoms with Crippen molar-refractivity contribution in [2.75, 3.05) is 26.2 Å². The number of aliphatic hydroxyl groups excluding tert-OH is 4. The summed E-state index contributed by atoms with van der Waals surface area (Å²) in [4.78, 5) is 166. The maximum atomic E-state index is 15.4. The Morgan fingerprint density at radius 1 is 0.543 bits per heavy atom. The van der Waals surface area contributed by atoms with Crippen LogP contribution in [-0.2, 0) is 83.2 Å². The zero-order valence-corrected chi connectivity index (χ0v) is 59.4. The number of nitrogens with two attached hydrogens (primary N) is 2. The molecule has 8 rings (SSSR count). The van der Waals surface area contributed by atoms with Crippen molar-refractivity contribution in [1.82, 2.24) is 57.8 Å². The number of aliphatic hydroxyl groups is 4. The van der Waals surface area contributed by atoms with E-state index in [-0.39, 0.29) is 82.7 Å². The SMILES string of the molecule is CC(C)C[C@@H]1NC(=O)[C@H](CCCN)NC(=O)[C@H](C(C)C)NC(=O)[C@H](Cc2ccc(O)cc2)NC(=O)[C@H](CC2CN([C@@H]3O[C@H](CO)[C@@H](O)[C@H](O)[C@H]3O)N=N2)NC(=O)[C@H](C(C)C(N)=O)NC(=O)[C@@H](Cc2ccccc2)NC(=O)[C@H](Cc2ccccc2)NC(=O)[C@@H]2CCCN2C(=O)[C@@H](Cc2ccccc2)NC1=O. The predicted molar refractivity (Wildman–Crippen MR) is 379 cm³/mol. The van der Waals surface area contributed by atoms with Crippen LogP contribution >= 0.6 is 0 Å². The van der Waals surface area contributed by atoms with Crippen LogP contribution in [0.2, 0.25) is 0 Å². The van der Waals surface area contributed by atoms with Gasteiger partial charge in [-0.25, -0.2) is 5.01 Å². The molecule has 568 valence electrons. The van der Waals surface area contributed by atoms with Crippen LogP contribution in [0.25, 0.3) is 0 Å². The number of rotatable bonds is 20. The Morgan fingerprint density at radius 2 is 0.990 bits per heavy atom. The third kappa shape index (κ3) is 22.3. The summed E-state index contributed by atoms with van der Waals surface area (Å²) in [5, 5.41) is 86.7. The van der Waals surface area contributed by atoms with Gasteiger partial charge in [0.1, 0.15) is 90.6 Å². The van der Waals surface area contributed by atoms with E-state index in [4.69, 9.17) is 16.2 Å². The first-order valence-corrected chi connectivity index (χ1v) is 35.5. The highest BCUT2D eigenvalue weighted by atomic mass is 16.6. The van der Waals surface area contributed by atoms with Crippen LogP contribution < -0.4 is 59.3 Å². The topological polar surface area (TPSA) is 490 Å². The second-order valence-electron chi connectivity index (χ2n) is 28.0. The number of nitrogens with zero attached hydrogens (tertiary/aromatic N) is 4. The smallest absolute Gasteiger partial charge is 0.246 e. The lowest BCUT2D eigenvalue weighted by atomic mass is 9.96. The van der Waals surface area contributed by atoms with Crippen molar-refractivity contribution in [3.8, 4) is 5.75 Å². The third-order valence-corrected chi connectivity index (χ3v) is 19.1. The maximum Gasteiger partial charge on any atom is 0.246 e. The van der Waals surface area contributed by atoms with Gasteiger partial charge in [0.05, 0.1) is 25.1 Å². The molecular formula is C73H99N15O17. The second-order valence-corrected chi connectivity index (χ2v) is 28.0. The van der Waals surface area contributed by atoms with Gasteiger partial charge in [0.2, 0.25) is 65.0 Å². The van der Waals surface area contributed by atoms with Crippen LogP contribution in [-0.4, -0.2) is 224 Å². The Bertz CT molecular complexity index is 3670. The van der Waals surface area contributed by atoms with Crippen molar-refractivity contribution < 1.29 is 83.0 Å². The number of phenolic OH excluding ortho intramolecular Hbond substituents is 1. The van der Waals surface area contributed by atoms with Crippen molar-refractivity contribution in [2.24, 2.45) is 39.6 Å². The van der Waals surface area contributed by atoms with Crippen molar-refractivity contribution in [3.05, 3.63) is 138 Å². The fraction of sp³-hybridized carbons (Fsp3) is 0.521. The number of benzene rings is 4. The summed E-state index contributed by atoms with van der Waals surface area (Å²) in [7, 11) is 0. The Morgan fingerprint density at radius 3 is 1.51 bits per heavy atom. The molecule has 4 aromatic rings. The van der Waals surface area contributed by atoms with Gasteiger partial charge in [-0.3, -0.25) is 52.7 Å². The number of aromatic hydroxyl groups is 1. The van der Waals surface area contributed by atoms with Crippen molar-refractivity contribution in [2.45, 2.75) is 196 Å². The minimum Gasteiger partial charge on any atom is -0.508 e. The first-order valence-electron chi connectivity index (χ1n) is 35.5. The van der Waals surface area contributed by atoms with Crippen LogP contribution in [0, 0.1) is 17.8 Å². The highest BCUT2D eigenvalue weighted by Crippen LogP contribution is 2.29. The summed E-state index contributed by atoms with van der Waals surface area (Å²) in [5.41, 5.74) is 14.0. The highest BCUT2D eigenvalue weighted by Gasteiger charge is 2.49. The minimum atomic E-state index is -1.96. The molecule has 4 aliphatic heterocycles. The number of phenols is 1. The number of ether oxygens (including phenoxy) is 1. The molecule has 11 amide bonds. The highest BCUT2D eigenvalue weighted by molar-refractivity contribution is 6.01. The van der Waals surface area contributed by atoms with Gasteiger partial charge < -0.3 is 94.5 Å². The molecule has 17 atom stereocenters. The van der Waals surface area contributed by atoms with E-state index < -0.39 is 187 Å². The summed E-state index contributed by atoms with van der Waals surface area (Å²) < 4.78 is 5.73. The average molecular weight is 1460 g/mol. The van der Waals surface area contributed by atoms with Crippen LogP contribution in [0.15, 0.2) is 126 Å². The number of nitrogens with one attached hydrogen (secondary N) is 9. The molecule has 3 fully saturated rings. The van der Waals surface area contributed by atoms with Crippen LogP contribution in [0.1, 0.15) is 95.4 Å². The lowest BCUT2D eigenvalue weighted by molar-refractivity contribution is -0.264. The molecule has 0 saturated carbocycles. The normalized spacial score (nSPS) is 28.6. The Balaban J connectivity index is 1.22. The molecule has 0 spiro atoms. The van der Waals surface area contributed by atoms with E-state index >= 15 is 33.6 Å². The zero-order valence-electron chi connectivity index (χ0n) is 59.4. The molecule has 0 aromatic heterocycles. The quantitative estimate of drug-likeness (QED) is 0.0448. The summed E-state index contributed by atoms with van der Waals surface area (Å²) in [6, 6.07) is 15.0. The van der Waals surface area contributed by atoms with Crippen molar-refractivity contribution in [1.29, 1.82) is 0 Å². The van der Waals surface area contributed by atoms with Crippen LogP contribution in [0.4, 0.5) is 0 Å². The number of hydrogen-bond acceptors (Lipinski definition) is 21. The predicted octanol–water partition coefficient (Wildman–Crippen LogP) is -2.17. The third-order valence-electron chi connectivity index (χ3n) is 19.1. The Labute approximate surface area is 608 Å². The lowest BCUT2D eigenvalue weighted by Gasteiger charge is -2.42. The molecule has 0 radical (unpaired) electrons. The summed E-state index contributed by atoms with van der Waals surface area (Å²) in [6.07, 6.45) is -9.03. The van der Waals surface area contributed by atoms with Gasteiger partial charge in [-0.1, -0.05) is 143 Å². The number of carbonyl (C=O) groups excluding carboxylic acids is 11. The lowest BCUT2D eigenvalue weighted by Crippen LogP contribution is -2.63. The Hall–Kier alpha value is -9.99. The number of hydrogen-bond donors (Lipinski definition) is 16. The Kier molecular flexibility index (Phi) is 29.3. The van der Waals surface area contributed by atoms with Gasteiger partial charge in [-0.15, -0.1) is 0 Å². The number of primary amides is 1. The average Bonchev–Trinajstić information content (AvgIpc) is 1.75. The summed E-state index contributed by atoms with van der Waals surface area (Å²) in [6.45, 7) is 7.06. The standard InChI is InChI=1S/C73H99N15O17/c1-39(2)31-49-64(96)82-54(35-44-21-13-8-14-22-44)72(104)87-30-16-24-55(87)69(101)80-50(32-42-17-9-6-10-18-42)65(97)78-51(33-43-19-11-7-12-20-43)68(100)84-58(41(5)62(75)94)71(103)81-53(36-46-37-88(86-85-46)73-61(93)60(92)59(91)56(38-89)105-73)66(98)79-52(34-45-25-27-47(90)28-26-45)67(99)83-57(40(3)4)70(102)76-48(23-15-29-74)63(95)77-49/h6-14,17-22,25-28,39-41,46,48-61,73,89-93H,15-16,23-24,29-38,74H2,1-5H3,(H2,75,94)(H,76,102)(H,77,95)(H,78,97)(H,79,98)(H,80,101)(H,81,103)(H,82,96)(H,83,99)(H,84,100)/t41?,46?,48-,49-,50-,51+,52-,53-,54+,55-,56+,57-,58-,59+,60-,61+,73+/m0/s1. The van der Waals surface area contributed by atoms with Gasteiger partial charge in [0.15, 0.2) is 6.23 Å². The fourth-order valence-corrected chi connectivity index (χ4v) is 13.1. The maximum absolute atomic E-state index is 15.4. The second kappa shape index (κ2) is 38.1. The van der Waals surface area contributed by atoms with Gasteiger partial charge >= 0.3 is 0 Å². The number of carbonyl (C=O) groups is 11. The zero-order chi connectivity index (χ0) is 76.2. The largest absolute Gasteiger partial charge is 0.508 e. The fourth-order valence-electron chi connectivity index (χ4n) is 13.1. The molecule has 3 saturated heterocycles. The number of amides is 11. The van der Waals surface area contributed by atoms with Crippen molar-refractivity contribution >= 4 is 65.0 Å². The van der Waals surface area contributed by atoms with E-state index in [0.29, 0.717) is 28.7 Å². The molecule has 2 unspecified atom stereocenters. The van der Waals surface area contributed by atoms with E-state index in [2.05, 4.69) is 58.2 Å². The molecule has 18 N–H and O–H groups in total. The van der Waals surface area contributed by atoms with E-state index in [9.17, 15) is 44.7 Å².